The molecule has 1 fully saturated rings. The molecule has 1 saturated heterocycles. The lowest BCUT2D eigenvalue weighted by molar-refractivity contribution is -0.123. The summed E-state index contributed by atoms with van der Waals surface area (Å²) in [6.45, 7) is 1.91. The van der Waals surface area contributed by atoms with Crippen molar-refractivity contribution in [2.75, 3.05) is 26.2 Å². The number of likely N-dealkylation sites (tertiary alicyclic amines) is 1. The minimum absolute atomic E-state index is 0.00704. The van der Waals surface area contributed by atoms with Crippen molar-refractivity contribution >= 4 is 11.8 Å². The lowest BCUT2D eigenvalue weighted by atomic mass is 10.0. The number of amides is 2. The molecular formula is C11H21N3O3. The van der Waals surface area contributed by atoms with Gasteiger partial charge >= 0.3 is 0 Å². The van der Waals surface area contributed by atoms with E-state index in [0.717, 1.165) is 25.9 Å². The zero-order valence-electron chi connectivity index (χ0n) is 10.0. The summed E-state index contributed by atoms with van der Waals surface area (Å²) in [7, 11) is 0. The van der Waals surface area contributed by atoms with Crippen LogP contribution >= 0.6 is 0 Å². The van der Waals surface area contributed by atoms with Crippen molar-refractivity contribution in [3.63, 3.8) is 0 Å². The predicted octanol–water partition coefficient (Wildman–Crippen LogP) is -1.18. The van der Waals surface area contributed by atoms with E-state index in [0.29, 0.717) is 19.4 Å². The fourth-order valence-electron chi connectivity index (χ4n) is 2.00. The molecular weight excluding hydrogens is 222 g/mol. The Labute approximate surface area is 101 Å². The fourth-order valence-corrected chi connectivity index (χ4v) is 2.00. The third-order valence-electron chi connectivity index (χ3n) is 2.89. The Balaban J connectivity index is 2.18. The van der Waals surface area contributed by atoms with Crippen molar-refractivity contribution in [2.24, 2.45) is 5.73 Å². The lowest BCUT2D eigenvalue weighted by Gasteiger charge is -2.31. The molecule has 6 heteroatoms. The number of nitrogens with one attached hydrogen (secondary N) is 1. The molecule has 6 nitrogen and oxygen atoms in total. The molecule has 4 N–H and O–H groups in total. The predicted molar refractivity (Wildman–Crippen MR) is 63.1 cm³/mol. The van der Waals surface area contributed by atoms with Crippen LogP contribution in [0.15, 0.2) is 0 Å². The number of hydrogen-bond acceptors (Lipinski definition) is 4. The average molecular weight is 243 g/mol. The van der Waals surface area contributed by atoms with Gasteiger partial charge in [-0.3, -0.25) is 14.5 Å². The Morgan fingerprint density at radius 2 is 2.00 bits per heavy atom. The van der Waals surface area contributed by atoms with Crippen molar-refractivity contribution in [1.29, 1.82) is 0 Å². The van der Waals surface area contributed by atoms with Crippen LogP contribution in [0.2, 0.25) is 0 Å². The highest BCUT2D eigenvalue weighted by molar-refractivity contribution is 5.76. The van der Waals surface area contributed by atoms with Crippen molar-refractivity contribution in [3.8, 4) is 0 Å². The van der Waals surface area contributed by atoms with E-state index >= 15 is 0 Å². The lowest BCUT2D eigenvalue weighted by Crippen LogP contribution is -2.46. The Morgan fingerprint density at radius 1 is 1.35 bits per heavy atom. The molecule has 0 aliphatic carbocycles. The summed E-state index contributed by atoms with van der Waals surface area (Å²) in [5.41, 5.74) is 5.12. The van der Waals surface area contributed by atoms with Crippen molar-refractivity contribution in [3.05, 3.63) is 0 Å². The number of nitrogens with zero attached hydrogens (tertiary/aromatic N) is 1. The van der Waals surface area contributed by atoms with Gasteiger partial charge in [-0.15, -0.1) is 0 Å². The quantitative estimate of drug-likeness (QED) is 0.547. The van der Waals surface area contributed by atoms with Gasteiger partial charge in [0.2, 0.25) is 11.8 Å². The van der Waals surface area contributed by atoms with E-state index in [1.165, 1.54) is 0 Å². The van der Waals surface area contributed by atoms with Crippen LogP contribution in [0.1, 0.15) is 25.7 Å². The van der Waals surface area contributed by atoms with E-state index < -0.39 is 0 Å². The summed E-state index contributed by atoms with van der Waals surface area (Å²) in [5.74, 6) is -0.317. The van der Waals surface area contributed by atoms with Crippen LogP contribution in [0.3, 0.4) is 0 Å². The zero-order valence-corrected chi connectivity index (χ0v) is 10.0. The third-order valence-corrected chi connectivity index (χ3v) is 2.89. The molecule has 0 unspecified atom stereocenters. The van der Waals surface area contributed by atoms with Crippen LogP contribution < -0.4 is 11.1 Å². The Morgan fingerprint density at radius 3 is 2.53 bits per heavy atom. The summed E-state index contributed by atoms with van der Waals surface area (Å²) in [6, 6.07) is 0.185. The molecule has 0 aromatic heterocycles. The number of nitrogens with two attached hydrogens (primary N) is 1. The SMILES string of the molecule is NC(=O)CN1CCC(NC(=O)CCCO)CC1. The Kier molecular flexibility index (Phi) is 5.93. The summed E-state index contributed by atoms with van der Waals surface area (Å²) in [5, 5.41) is 11.5. The highest BCUT2D eigenvalue weighted by atomic mass is 16.3. The molecule has 2 amide bonds. The van der Waals surface area contributed by atoms with Crippen LogP contribution in [0.4, 0.5) is 0 Å². The molecule has 0 radical (unpaired) electrons. The van der Waals surface area contributed by atoms with Crippen LogP contribution in [0.25, 0.3) is 0 Å². The maximum Gasteiger partial charge on any atom is 0.231 e. The highest BCUT2D eigenvalue weighted by Gasteiger charge is 2.21. The molecule has 0 bridgehead atoms. The van der Waals surface area contributed by atoms with Gasteiger partial charge in [-0.25, -0.2) is 0 Å². The summed E-state index contributed by atoms with van der Waals surface area (Å²) in [4.78, 5) is 24.2. The van der Waals surface area contributed by atoms with E-state index in [9.17, 15) is 9.59 Å². The first-order valence-corrected chi connectivity index (χ1v) is 6.02. The number of carbonyl (C=O) groups excluding carboxylic acids is 2. The molecule has 98 valence electrons. The maximum absolute atomic E-state index is 11.4. The van der Waals surface area contributed by atoms with E-state index in [1.807, 2.05) is 4.90 Å². The Bertz CT molecular complexity index is 263. The normalized spacial score (nSPS) is 17.9. The third kappa shape index (κ3) is 5.65. The number of hydrogen-bond donors (Lipinski definition) is 3. The summed E-state index contributed by atoms with van der Waals surface area (Å²) < 4.78 is 0. The van der Waals surface area contributed by atoms with Crippen molar-refractivity contribution < 1.29 is 14.7 Å². The second-order valence-corrected chi connectivity index (χ2v) is 4.41. The number of aliphatic hydroxyl groups excluding tert-OH is 1. The fraction of sp³-hybridized carbons (Fsp3) is 0.818. The van der Waals surface area contributed by atoms with Crippen LogP contribution in [0.5, 0.6) is 0 Å². The molecule has 0 saturated carbocycles. The van der Waals surface area contributed by atoms with E-state index in [4.69, 9.17) is 10.8 Å². The number of piperidine rings is 1. The second-order valence-electron chi connectivity index (χ2n) is 4.41. The van der Waals surface area contributed by atoms with E-state index in [1.54, 1.807) is 0 Å². The maximum atomic E-state index is 11.4. The van der Waals surface area contributed by atoms with E-state index in [-0.39, 0.29) is 24.5 Å². The standard InChI is InChI=1S/C11H21N3O3/c12-10(16)8-14-5-3-9(4-6-14)13-11(17)2-1-7-15/h9,15H,1-8H2,(H2,12,16)(H,13,17). The number of aliphatic hydroxyl groups is 1. The first kappa shape index (κ1) is 13.9. The van der Waals surface area contributed by atoms with Gasteiger partial charge in [-0.2, -0.15) is 0 Å². The number of carbonyl (C=O) groups is 2. The highest BCUT2D eigenvalue weighted by Crippen LogP contribution is 2.10. The number of primary amides is 1. The van der Waals surface area contributed by atoms with Crippen LogP contribution in [-0.4, -0.2) is 54.1 Å². The van der Waals surface area contributed by atoms with Crippen LogP contribution in [-0.2, 0) is 9.59 Å². The molecule has 0 spiro atoms. The largest absolute Gasteiger partial charge is 0.396 e. The van der Waals surface area contributed by atoms with Gasteiger partial charge in [-0.1, -0.05) is 0 Å². The van der Waals surface area contributed by atoms with Gasteiger partial charge in [0.25, 0.3) is 0 Å². The first-order valence-electron chi connectivity index (χ1n) is 6.02. The topological polar surface area (TPSA) is 95.7 Å². The Hall–Kier alpha value is -1.14. The van der Waals surface area contributed by atoms with Gasteiger partial charge in [0, 0.05) is 32.2 Å². The molecule has 1 rings (SSSR count). The second kappa shape index (κ2) is 7.24. The molecule has 1 aliphatic heterocycles. The minimum Gasteiger partial charge on any atom is -0.396 e. The van der Waals surface area contributed by atoms with E-state index in [2.05, 4.69) is 5.32 Å². The smallest absolute Gasteiger partial charge is 0.231 e. The van der Waals surface area contributed by atoms with Gasteiger partial charge in [-0.05, 0) is 19.3 Å². The average Bonchev–Trinajstić information content (AvgIpc) is 2.28. The molecule has 1 aliphatic rings. The van der Waals surface area contributed by atoms with Crippen molar-refractivity contribution in [2.45, 2.75) is 31.7 Å². The minimum atomic E-state index is -0.310. The molecule has 17 heavy (non-hydrogen) atoms. The molecule has 1 heterocycles. The van der Waals surface area contributed by atoms with Gasteiger partial charge in [0.05, 0.1) is 6.54 Å². The number of rotatable bonds is 6. The summed E-state index contributed by atoms with van der Waals surface area (Å²) >= 11 is 0. The monoisotopic (exact) mass is 243 g/mol. The molecule has 0 aromatic rings. The molecule has 0 aromatic carbocycles. The van der Waals surface area contributed by atoms with Crippen LogP contribution in [0, 0.1) is 0 Å². The summed E-state index contributed by atoms with van der Waals surface area (Å²) in [6.07, 6.45) is 2.57. The van der Waals surface area contributed by atoms with Crippen molar-refractivity contribution in [1.82, 2.24) is 10.2 Å². The first-order chi connectivity index (χ1) is 8.11. The van der Waals surface area contributed by atoms with Gasteiger partial charge in [0.15, 0.2) is 0 Å². The van der Waals surface area contributed by atoms with Gasteiger partial charge in [0.1, 0.15) is 0 Å². The molecule has 0 atom stereocenters. The zero-order chi connectivity index (χ0) is 12.7. The van der Waals surface area contributed by atoms with Gasteiger partial charge < -0.3 is 16.2 Å².